The van der Waals surface area contributed by atoms with Gasteiger partial charge in [-0.2, -0.15) is 25.3 Å². The molecule has 130 heavy (non-hydrogen) atoms. The van der Waals surface area contributed by atoms with Crippen molar-refractivity contribution in [3.05, 3.63) is 202 Å². The third kappa shape index (κ3) is 22.6. The number of aromatic hydroxyl groups is 3. The number of phenolic OH excluding ortho intramolecular Hbond substituents is 3. The number of methoxy groups -OCH3 is 1. The Morgan fingerprint density at radius 1 is 0.608 bits per heavy atom. The first-order valence-corrected chi connectivity index (χ1v) is 44.3. The summed E-state index contributed by atoms with van der Waals surface area (Å²) in [5.74, 6) is -14.7. The molecule has 2 aliphatic heterocycles. The van der Waals surface area contributed by atoms with E-state index in [1.807, 2.05) is 41.4 Å². The molecular weight excluding hydrogens is 1720 g/mol. The molecule has 35 nitrogen and oxygen atoms in total. The zero-order valence-corrected chi connectivity index (χ0v) is 73.8. The minimum atomic E-state index is -2.72. The zero-order valence-electron chi connectivity index (χ0n) is 72.0. The lowest BCUT2D eigenvalue weighted by Crippen LogP contribution is -2.61. The first-order chi connectivity index (χ1) is 62.3. The van der Waals surface area contributed by atoms with Crippen molar-refractivity contribution in [1.82, 2.24) is 57.4 Å². The Morgan fingerprint density at radius 3 is 1.75 bits per heavy atom. The van der Waals surface area contributed by atoms with Crippen LogP contribution in [0.5, 0.6) is 23.0 Å². The number of aliphatic hydroxyl groups excluding tert-OH is 1. The Labute approximate surface area is 759 Å². The number of para-hydroxylation sites is 2. The molecule has 2 aliphatic carbocycles. The van der Waals surface area contributed by atoms with E-state index >= 15 is 9.59 Å². The van der Waals surface area contributed by atoms with E-state index in [9.17, 15) is 78.3 Å². The predicted octanol–water partition coefficient (Wildman–Crippen LogP) is 3.63. The van der Waals surface area contributed by atoms with Gasteiger partial charge in [0.15, 0.2) is 24.3 Å². The number of amides is 9. The first kappa shape index (κ1) is 96.4. The summed E-state index contributed by atoms with van der Waals surface area (Å²) in [6, 6.07) is 21.0. The number of hydrogen-bond acceptors (Lipinski definition) is 26. The fraction of sp³-hybridized carbons (Fsp3) is 0.409. The highest BCUT2D eigenvalue weighted by atomic mass is 32.1. The monoisotopic (exact) mass is 1820 g/mol. The van der Waals surface area contributed by atoms with Gasteiger partial charge < -0.3 is 113 Å². The van der Waals surface area contributed by atoms with Crippen LogP contribution in [0.25, 0.3) is 21.8 Å². The van der Waals surface area contributed by atoms with Crippen LogP contribution >= 0.6 is 25.3 Å². The number of nitrogens with two attached hydrogens (primary N) is 2. The number of fused-ring (bicyclic) bond motifs is 5. The summed E-state index contributed by atoms with van der Waals surface area (Å²) in [5, 5.41) is 82.0. The number of carbonyl (C=O) groups is 13. The molecular formula is C93H109N13O22S2. The molecule has 19 N–H and O–H groups in total. The van der Waals surface area contributed by atoms with Crippen LogP contribution in [0.4, 0.5) is 0 Å². The molecule has 1 fully saturated rings. The number of H-pyrrole nitrogens is 2. The average molecular weight is 1830 g/mol. The van der Waals surface area contributed by atoms with Crippen LogP contribution in [0.2, 0.25) is 0 Å². The van der Waals surface area contributed by atoms with E-state index in [2.05, 4.69) is 77.8 Å². The SMILES string of the molecule is COc1cccc2c1C(=O)c1c(O)c3c(c(O)c1C2=O)CC[C@](O)(C(=O)COC(=O)CCCC(=O)N[C@H](Cc1ccccc1)C(=O)N[C@@H](CS)C(=O)N[C@@H](Cc1ccc(O)cc1)C(=O)N[C@H](Cc1c[nH]c2ccccc12)C(=O)N[C@@H](CCCCN)C(=O)N[C@H](C(=O)N[C@@H](CS)C(=O)N[C@@H](Cc1c[nH]c2ccccc12)C(N)=O)C(C)C)[C@H]3O[C@@H]1C[C@@H](N2C=CCC2)[C@@H](O)[C@@H](C)O1. The molecule has 1 saturated heterocycles. The lowest BCUT2D eigenvalue weighted by Gasteiger charge is -2.46. The van der Waals surface area contributed by atoms with Crippen LogP contribution in [-0.2, 0) is 99.1 Å². The highest BCUT2D eigenvalue weighted by molar-refractivity contribution is 7.80. The number of aromatic amines is 2. The number of Topliss-reactive ketones (excluding diaryl/α,β-unsaturated/α-hetero) is 1. The molecule has 6 aromatic carbocycles. The second kappa shape index (κ2) is 43.6. The molecule has 12 rings (SSSR count). The minimum absolute atomic E-state index is 0.0160. The molecule has 14 atom stereocenters. The molecule has 4 heterocycles. The predicted molar refractivity (Wildman–Crippen MR) is 482 cm³/mol. The Balaban J connectivity index is 0.713. The van der Waals surface area contributed by atoms with Crippen molar-refractivity contribution in [2.45, 2.75) is 195 Å². The number of ketones is 3. The summed E-state index contributed by atoms with van der Waals surface area (Å²) in [6.07, 6.45) is 0.329. The number of hydrogen-bond donors (Lipinski definition) is 19. The number of thiol groups is 2. The molecule has 0 bridgehead atoms. The maximum absolute atomic E-state index is 15.3. The van der Waals surface area contributed by atoms with Crippen molar-refractivity contribution in [3.63, 3.8) is 0 Å². The van der Waals surface area contributed by atoms with Gasteiger partial charge >= 0.3 is 5.97 Å². The largest absolute Gasteiger partial charge is 0.508 e. The highest BCUT2D eigenvalue weighted by Crippen LogP contribution is 2.54. The third-order valence-electron chi connectivity index (χ3n) is 24.0. The fourth-order valence-corrected chi connectivity index (χ4v) is 17.4. The normalized spacial score (nSPS) is 19.3. The van der Waals surface area contributed by atoms with E-state index in [-0.39, 0.29) is 91.9 Å². The summed E-state index contributed by atoms with van der Waals surface area (Å²) in [6.45, 7) is 4.51. The smallest absolute Gasteiger partial charge is 0.306 e. The number of unbranched alkanes of at least 4 members (excludes halogenated alkanes) is 1. The van der Waals surface area contributed by atoms with Crippen molar-refractivity contribution in [1.29, 1.82) is 0 Å². The first-order valence-electron chi connectivity index (χ1n) is 43.1. The van der Waals surface area contributed by atoms with E-state index in [1.165, 1.54) is 49.6 Å². The second-order valence-corrected chi connectivity index (χ2v) is 33.9. The van der Waals surface area contributed by atoms with E-state index in [0.717, 1.165) is 10.9 Å². The summed E-state index contributed by atoms with van der Waals surface area (Å²) >= 11 is 8.79. The number of primary amides is 1. The van der Waals surface area contributed by atoms with Gasteiger partial charge in [-0.25, -0.2) is 0 Å². The number of aliphatic hydroxyl groups is 2. The molecule has 2 aromatic heterocycles. The number of nitrogens with zero attached hydrogens (tertiary/aromatic N) is 1. The van der Waals surface area contributed by atoms with E-state index < -0.39 is 233 Å². The Kier molecular flexibility index (Phi) is 32.4. The van der Waals surface area contributed by atoms with Crippen molar-refractivity contribution in [2.24, 2.45) is 17.4 Å². The molecule has 0 spiro atoms. The Hall–Kier alpha value is -12.7. The van der Waals surface area contributed by atoms with Gasteiger partial charge in [0.25, 0.3) is 0 Å². The van der Waals surface area contributed by atoms with Gasteiger partial charge in [0.1, 0.15) is 83.5 Å². The van der Waals surface area contributed by atoms with Crippen LogP contribution in [0.3, 0.4) is 0 Å². The Morgan fingerprint density at radius 2 is 1.15 bits per heavy atom. The molecule has 8 aromatic rings. The number of phenols is 3. The maximum Gasteiger partial charge on any atom is 0.306 e. The molecule has 4 aliphatic rings. The van der Waals surface area contributed by atoms with Crippen LogP contribution in [0, 0.1) is 5.92 Å². The van der Waals surface area contributed by atoms with Gasteiger partial charge in [0, 0.05) is 114 Å². The minimum Gasteiger partial charge on any atom is -0.508 e. The number of rotatable bonds is 42. The molecule has 9 amide bonds. The van der Waals surface area contributed by atoms with Crippen LogP contribution in [-0.4, -0.2) is 234 Å². The number of ether oxygens (including phenoxy) is 4. The van der Waals surface area contributed by atoms with Crippen LogP contribution < -0.4 is 58.7 Å². The number of aromatic nitrogens is 2. The van der Waals surface area contributed by atoms with Crippen molar-refractivity contribution < 1.29 is 107 Å². The lowest BCUT2D eigenvalue weighted by atomic mass is 9.71. The van der Waals surface area contributed by atoms with Crippen molar-refractivity contribution in [3.8, 4) is 23.0 Å². The van der Waals surface area contributed by atoms with Gasteiger partial charge in [0.2, 0.25) is 64.7 Å². The standard InChI is InChI=1S/C93H109N13O22S2/c1-48(2)78(92(123)104-67(47-130)90(121)100-62(85(95)116)40-52-43-96-59-23-10-8-20-55(52)59)105-86(117)61(25-12-13-35-94)99-89(120)65(41-53-44-97-60-24-11-9-21-56(53)60)102-88(119)64(39-51-29-31-54(107)32-30-51)101-91(122)66(46-129)103-87(118)63(38-50-18-6-5-7-19-50)98-71(109)27-17-28-72(110)126-45-70(108)93(124)34-33-58-75(84(93)128-73-42-68(79(111)49(3)127-73)106-36-14-15-37-106)83(115)77-76(81(58)113)80(112)57-22-16-26-69(125-4)74(57)82(77)114/h5-11,14,16,18-24,26,29-32,36,43-44,48-49,61-68,73,78-79,84,96-97,107,111,113,115,124,129-130H,12-13,15,17,25,27-28,33-35,37-42,45-47,94H2,1-4H3,(H2,95,116)(H,98,109)(H,99,120)(H,100,121)(H,101,122)(H,102,119)(H,103,118)(H,104,123)(H,105,117)/t49-,61+,62+,63-,64+,65-,66+,67+,68-,73-,78+,79+,84+,93+/m1/s1. The summed E-state index contributed by atoms with van der Waals surface area (Å²) in [7, 11) is 1.27. The summed E-state index contributed by atoms with van der Waals surface area (Å²) in [5.41, 5.74) is 10.6. The second-order valence-electron chi connectivity index (χ2n) is 33.2. The number of benzene rings is 6. The molecule has 690 valence electrons. The Bertz CT molecular complexity index is 5570. The molecule has 0 radical (unpaired) electrons. The lowest BCUT2D eigenvalue weighted by molar-refractivity contribution is -0.272. The molecule has 37 heteroatoms. The summed E-state index contributed by atoms with van der Waals surface area (Å²) in [4.78, 5) is 195. The number of esters is 1. The average Bonchev–Trinajstić information content (AvgIpc) is 0.746. The quantitative estimate of drug-likeness (QED) is 0.0112. The van der Waals surface area contributed by atoms with E-state index in [0.29, 0.717) is 52.5 Å². The number of carbonyl (C=O) groups excluding carboxylic acids is 13. The van der Waals surface area contributed by atoms with Gasteiger partial charge in [0.05, 0.1) is 35.9 Å². The fourth-order valence-electron chi connectivity index (χ4n) is 16.9. The molecule has 0 unspecified atom stereocenters. The van der Waals surface area contributed by atoms with Gasteiger partial charge in [-0.1, -0.05) is 111 Å². The van der Waals surface area contributed by atoms with Crippen LogP contribution in [0.1, 0.15) is 150 Å². The third-order valence-corrected chi connectivity index (χ3v) is 24.7. The number of nitrogens with one attached hydrogen (secondary N) is 10. The van der Waals surface area contributed by atoms with Crippen LogP contribution in [0.15, 0.2) is 146 Å². The molecule has 0 saturated carbocycles. The maximum atomic E-state index is 15.3. The van der Waals surface area contributed by atoms with Crippen molar-refractivity contribution in [2.75, 3.05) is 38.3 Å². The van der Waals surface area contributed by atoms with Crippen molar-refractivity contribution >= 4 is 124 Å². The zero-order chi connectivity index (χ0) is 93.4. The highest BCUT2D eigenvalue weighted by Gasteiger charge is 2.55. The topological polar surface area (TPSA) is 543 Å². The van der Waals surface area contributed by atoms with E-state index in [1.54, 1.807) is 87.8 Å². The summed E-state index contributed by atoms with van der Waals surface area (Å²) < 4.78 is 23.6. The van der Waals surface area contributed by atoms with Gasteiger partial charge in [-0.15, -0.1) is 0 Å². The van der Waals surface area contributed by atoms with Gasteiger partial charge in [-0.05, 0) is 123 Å². The van der Waals surface area contributed by atoms with Gasteiger partial charge in [-0.3, -0.25) is 62.3 Å². The van der Waals surface area contributed by atoms with E-state index in [4.69, 9.17) is 30.4 Å².